The molecule has 0 atom stereocenters. The number of rotatable bonds is 9. The summed E-state index contributed by atoms with van der Waals surface area (Å²) < 4.78 is 11.8. The van der Waals surface area contributed by atoms with Crippen molar-refractivity contribution < 1.29 is 23.9 Å². The van der Waals surface area contributed by atoms with Gasteiger partial charge in [0.2, 0.25) is 5.91 Å². The zero-order valence-corrected chi connectivity index (χ0v) is 23.1. The number of aromatic nitrogens is 2. The summed E-state index contributed by atoms with van der Waals surface area (Å²) in [6.45, 7) is 2.80. The van der Waals surface area contributed by atoms with E-state index in [1.165, 1.54) is 30.2 Å². The number of thiophene rings is 1. The molecule has 1 aliphatic heterocycles. The average Bonchev–Trinajstić information content (AvgIpc) is 3.50. The van der Waals surface area contributed by atoms with Gasteiger partial charge in [-0.05, 0) is 50.7 Å². The first-order chi connectivity index (χ1) is 17.8. The van der Waals surface area contributed by atoms with Gasteiger partial charge in [-0.1, -0.05) is 11.8 Å². The number of ether oxygens (including phenoxy) is 2. The Hall–Kier alpha value is -2.96. The van der Waals surface area contributed by atoms with Crippen LogP contribution in [0.2, 0.25) is 0 Å². The third-order valence-corrected chi connectivity index (χ3v) is 8.31. The van der Waals surface area contributed by atoms with Gasteiger partial charge in [0.1, 0.15) is 10.7 Å². The lowest BCUT2D eigenvalue weighted by atomic mass is 9.95. The number of nitrogens with zero attached hydrogens (tertiary/aromatic N) is 4. The largest absolute Gasteiger partial charge is 0.465 e. The van der Waals surface area contributed by atoms with Gasteiger partial charge < -0.3 is 14.8 Å². The van der Waals surface area contributed by atoms with Crippen molar-refractivity contribution in [2.24, 2.45) is 12.0 Å². The van der Waals surface area contributed by atoms with Crippen LogP contribution >= 0.6 is 23.1 Å². The van der Waals surface area contributed by atoms with E-state index in [0.29, 0.717) is 41.0 Å². The van der Waals surface area contributed by atoms with Crippen LogP contribution < -0.4 is 5.32 Å². The van der Waals surface area contributed by atoms with Gasteiger partial charge in [-0.2, -0.15) is 5.10 Å². The molecule has 0 unspecified atom stereocenters. The molecule has 0 saturated carbocycles. The Morgan fingerprint density at radius 3 is 2.76 bits per heavy atom. The normalized spacial score (nSPS) is 16.2. The van der Waals surface area contributed by atoms with Crippen LogP contribution in [0.5, 0.6) is 0 Å². The topological polar surface area (TPSA) is 115 Å². The molecule has 0 aromatic carbocycles. The van der Waals surface area contributed by atoms with E-state index in [9.17, 15) is 14.4 Å². The van der Waals surface area contributed by atoms with E-state index in [4.69, 9.17) is 9.47 Å². The number of amides is 2. The predicted octanol–water partition coefficient (Wildman–Crippen LogP) is 3.40. The molecule has 1 aliphatic carbocycles. The summed E-state index contributed by atoms with van der Waals surface area (Å²) in [5.41, 5.74) is 3.36. The van der Waals surface area contributed by atoms with Crippen LogP contribution in [-0.2, 0) is 39.0 Å². The number of fused-ring (bicyclic) bond motifs is 1. The van der Waals surface area contributed by atoms with Crippen molar-refractivity contribution in [1.29, 1.82) is 0 Å². The Morgan fingerprint density at radius 2 is 2.05 bits per heavy atom. The Morgan fingerprint density at radius 1 is 1.27 bits per heavy atom. The number of amidine groups is 1. The van der Waals surface area contributed by atoms with Crippen molar-refractivity contribution in [2.75, 3.05) is 38.4 Å². The van der Waals surface area contributed by atoms with Gasteiger partial charge in [-0.3, -0.25) is 19.2 Å². The minimum atomic E-state index is -0.432. The van der Waals surface area contributed by atoms with Crippen LogP contribution in [0.15, 0.2) is 16.9 Å². The van der Waals surface area contributed by atoms with Gasteiger partial charge >= 0.3 is 5.97 Å². The second-order valence-electron chi connectivity index (χ2n) is 8.81. The minimum Gasteiger partial charge on any atom is -0.465 e. The molecule has 0 bridgehead atoms. The highest BCUT2D eigenvalue weighted by molar-refractivity contribution is 8.14. The van der Waals surface area contributed by atoms with Crippen molar-refractivity contribution in [2.45, 2.75) is 39.0 Å². The fourth-order valence-corrected chi connectivity index (χ4v) is 6.50. The second-order valence-corrected chi connectivity index (χ2v) is 10.9. The van der Waals surface area contributed by atoms with Gasteiger partial charge in [-0.25, -0.2) is 9.79 Å². The first-order valence-electron chi connectivity index (χ1n) is 12.1. The molecule has 0 radical (unpaired) electrons. The number of esters is 1. The second kappa shape index (κ2) is 12.1. The van der Waals surface area contributed by atoms with E-state index in [2.05, 4.69) is 15.4 Å². The number of hydrogen-bond acceptors (Lipinski definition) is 9. The molecule has 2 aromatic rings. The third kappa shape index (κ3) is 6.13. The number of hydrogen-bond donors (Lipinski definition) is 1. The predicted molar refractivity (Wildman–Crippen MR) is 145 cm³/mol. The van der Waals surface area contributed by atoms with E-state index < -0.39 is 5.97 Å². The monoisotopic (exact) mass is 545 g/mol. The number of methoxy groups -OCH3 is 2. The van der Waals surface area contributed by atoms with Crippen LogP contribution in [0, 0.1) is 6.92 Å². The number of anilines is 1. The maximum absolute atomic E-state index is 13.1. The summed E-state index contributed by atoms with van der Waals surface area (Å²) in [6.07, 6.45) is 7.98. The van der Waals surface area contributed by atoms with Gasteiger partial charge in [0.05, 0.1) is 24.1 Å². The molecule has 3 heterocycles. The fraction of sp³-hybridized carbons (Fsp3) is 0.480. The Labute approximate surface area is 224 Å². The van der Waals surface area contributed by atoms with E-state index in [-0.39, 0.29) is 17.6 Å². The van der Waals surface area contributed by atoms with Crippen LogP contribution in [0.25, 0.3) is 6.08 Å². The molecule has 2 aromatic heterocycles. The molecule has 198 valence electrons. The molecular formula is C25H31N5O5S2. The highest BCUT2D eigenvalue weighted by Gasteiger charge is 2.31. The standard InChI is InChI=1S/C25H31N5O5S2/c1-15-16(13-29(2)28-15)12-18-23(32)30(10-7-11-34-3)25(26-18)36-14-20(31)27-22-21(24(33)35-4)17-8-5-6-9-19(17)37-22/h12-13H,5-11,14H2,1-4H3,(H,27,31)/b18-12+. The fourth-order valence-electron chi connectivity index (χ4n) is 4.38. The third-order valence-electron chi connectivity index (χ3n) is 6.13. The first kappa shape index (κ1) is 27.1. The van der Waals surface area contributed by atoms with Crippen molar-refractivity contribution in [3.05, 3.63) is 39.2 Å². The van der Waals surface area contributed by atoms with Crippen LogP contribution in [0.1, 0.15) is 51.3 Å². The number of carbonyl (C=O) groups excluding carboxylic acids is 3. The minimum absolute atomic E-state index is 0.0370. The first-order valence-corrected chi connectivity index (χ1v) is 13.9. The summed E-state index contributed by atoms with van der Waals surface area (Å²) >= 11 is 2.63. The zero-order chi connectivity index (χ0) is 26.5. The molecule has 0 fully saturated rings. The number of thioether (sulfide) groups is 1. The highest BCUT2D eigenvalue weighted by atomic mass is 32.2. The van der Waals surface area contributed by atoms with Crippen LogP contribution in [0.3, 0.4) is 0 Å². The summed E-state index contributed by atoms with van der Waals surface area (Å²) in [5.74, 6) is -0.893. The maximum atomic E-state index is 13.1. The van der Waals surface area contributed by atoms with Gasteiger partial charge in [-0.15, -0.1) is 11.3 Å². The number of carbonyl (C=O) groups is 3. The molecule has 2 aliphatic rings. The Bertz CT molecular complexity index is 1260. The SMILES string of the molecule is COCCCN1C(=O)/C(=C\c2cn(C)nc2C)N=C1SCC(=O)Nc1sc2c(c1C(=O)OC)CCCC2. The summed E-state index contributed by atoms with van der Waals surface area (Å²) in [4.78, 5) is 45.8. The quantitative estimate of drug-likeness (QED) is 0.292. The Kier molecular flexibility index (Phi) is 8.83. The van der Waals surface area contributed by atoms with Crippen molar-refractivity contribution in [3.8, 4) is 0 Å². The maximum Gasteiger partial charge on any atom is 0.341 e. The number of nitrogens with one attached hydrogen (secondary N) is 1. The lowest BCUT2D eigenvalue weighted by Gasteiger charge is -2.17. The van der Waals surface area contributed by atoms with E-state index in [1.807, 2.05) is 20.2 Å². The molecule has 0 saturated heterocycles. The summed E-state index contributed by atoms with van der Waals surface area (Å²) in [5, 5.41) is 8.21. The smallest absolute Gasteiger partial charge is 0.341 e. The van der Waals surface area contributed by atoms with Crippen LogP contribution in [-0.4, -0.2) is 70.8 Å². The van der Waals surface area contributed by atoms with Gasteiger partial charge in [0.25, 0.3) is 5.91 Å². The van der Waals surface area contributed by atoms with Crippen LogP contribution in [0.4, 0.5) is 5.00 Å². The molecule has 0 spiro atoms. The average molecular weight is 546 g/mol. The lowest BCUT2D eigenvalue weighted by Crippen LogP contribution is -2.32. The molecule has 37 heavy (non-hydrogen) atoms. The molecular weight excluding hydrogens is 514 g/mol. The van der Waals surface area contributed by atoms with Crippen molar-refractivity contribution in [1.82, 2.24) is 14.7 Å². The zero-order valence-electron chi connectivity index (χ0n) is 21.5. The highest BCUT2D eigenvalue weighted by Crippen LogP contribution is 2.38. The molecule has 12 heteroatoms. The molecule has 10 nitrogen and oxygen atoms in total. The van der Waals surface area contributed by atoms with Gasteiger partial charge in [0.15, 0.2) is 5.17 Å². The van der Waals surface area contributed by atoms with E-state index in [0.717, 1.165) is 47.4 Å². The summed E-state index contributed by atoms with van der Waals surface area (Å²) in [6, 6.07) is 0. The van der Waals surface area contributed by atoms with Crippen molar-refractivity contribution >= 4 is 57.1 Å². The van der Waals surface area contributed by atoms with E-state index in [1.54, 1.807) is 22.8 Å². The van der Waals surface area contributed by atoms with Gasteiger partial charge in [0, 0.05) is 43.9 Å². The van der Waals surface area contributed by atoms with Crippen molar-refractivity contribution in [3.63, 3.8) is 0 Å². The molecule has 4 rings (SSSR count). The number of aliphatic imine (C=N–C) groups is 1. The molecule has 2 amide bonds. The molecule has 1 N–H and O–H groups in total. The number of aryl methyl sites for hydroxylation is 3. The van der Waals surface area contributed by atoms with E-state index >= 15 is 0 Å². The lowest BCUT2D eigenvalue weighted by molar-refractivity contribution is -0.122. The Balaban J connectivity index is 1.50. The summed E-state index contributed by atoms with van der Waals surface area (Å²) in [7, 11) is 4.78.